The van der Waals surface area contributed by atoms with Gasteiger partial charge in [0, 0.05) is 5.39 Å². The Morgan fingerprint density at radius 3 is 2.47 bits per heavy atom. The Labute approximate surface area is 204 Å². The number of hydrogen-bond acceptors (Lipinski definition) is 3. The summed E-state index contributed by atoms with van der Waals surface area (Å²) >= 11 is 5.71. The lowest BCUT2D eigenvalue weighted by Crippen LogP contribution is -2.38. The fourth-order valence-electron chi connectivity index (χ4n) is 3.36. The van der Waals surface area contributed by atoms with E-state index in [0.717, 1.165) is 24.4 Å². The van der Waals surface area contributed by atoms with Crippen molar-refractivity contribution in [2.45, 2.75) is 31.7 Å². The molecule has 0 aliphatic rings. The van der Waals surface area contributed by atoms with Crippen LogP contribution in [-0.2, 0) is 11.3 Å². The molecule has 0 saturated heterocycles. The molecule has 1 heterocycles. The zero-order valence-electron chi connectivity index (χ0n) is 18.3. The molecule has 0 saturated carbocycles. The Kier molecular flexibility index (Phi) is 7.77. The van der Waals surface area contributed by atoms with Gasteiger partial charge in [0.2, 0.25) is 5.91 Å². The number of rotatable bonds is 6. The molecule has 1 unspecified atom stereocenters. The summed E-state index contributed by atoms with van der Waals surface area (Å²) in [6.45, 7) is -1.02. The highest BCUT2D eigenvalue weighted by Gasteiger charge is 2.39. The summed E-state index contributed by atoms with van der Waals surface area (Å²) in [7, 11) is 0. The van der Waals surface area contributed by atoms with Crippen molar-refractivity contribution >= 4 is 34.4 Å². The van der Waals surface area contributed by atoms with Crippen molar-refractivity contribution in [3.05, 3.63) is 80.5 Å². The SMILES string of the molecule is Cc1cc(C(/C=C/c2ccc3c(=O)n(CC(=O)NCC(F)(F)F)ncc3c2)C(F)(F)F)cc(Cl)c1F. The monoisotopic (exact) mass is 535 g/mol. The van der Waals surface area contributed by atoms with Crippen molar-refractivity contribution in [1.29, 1.82) is 0 Å². The summed E-state index contributed by atoms with van der Waals surface area (Å²) < 4.78 is 92.2. The van der Waals surface area contributed by atoms with Gasteiger partial charge in [-0.2, -0.15) is 31.4 Å². The van der Waals surface area contributed by atoms with Crippen LogP contribution in [0, 0.1) is 12.7 Å². The van der Waals surface area contributed by atoms with E-state index in [4.69, 9.17) is 11.6 Å². The lowest BCUT2D eigenvalue weighted by Gasteiger charge is -2.18. The predicted octanol–water partition coefficient (Wildman–Crippen LogP) is 5.54. The first-order valence-corrected chi connectivity index (χ1v) is 10.6. The summed E-state index contributed by atoms with van der Waals surface area (Å²) in [5, 5.41) is 5.23. The van der Waals surface area contributed by atoms with Crippen LogP contribution in [0.3, 0.4) is 0 Å². The van der Waals surface area contributed by atoms with Crippen LogP contribution in [-0.4, -0.2) is 34.6 Å². The predicted molar refractivity (Wildman–Crippen MR) is 119 cm³/mol. The van der Waals surface area contributed by atoms with Crippen molar-refractivity contribution in [1.82, 2.24) is 15.1 Å². The molecule has 0 fully saturated rings. The van der Waals surface area contributed by atoms with Crippen LogP contribution in [0.1, 0.15) is 22.6 Å². The van der Waals surface area contributed by atoms with E-state index in [2.05, 4.69) is 5.10 Å². The lowest BCUT2D eigenvalue weighted by atomic mass is 9.95. The number of nitrogens with zero attached hydrogens (tertiary/aromatic N) is 2. The van der Waals surface area contributed by atoms with E-state index in [-0.39, 0.29) is 27.5 Å². The lowest BCUT2D eigenvalue weighted by molar-refractivity contribution is -0.139. The largest absolute Gasteiger partial charge is 0.405 e. The maximum Gasteiger partial charge on any atom is 0.405 e. The minimum atomic E-state index is -4.71. The van der Waals surface area contributed by atoms with Gasteiger partial charge >= 0.3 is 12.4 Å². The number of aryl methyl sites for hydroxylation is 1. The van der Waals surface area contributed by atoms with Crippen LogP contribution in [0.15, 0.2) is 47.4 Å². The zero-order valence-corrected chi connectivity index (χ0v) is 19.1. The first kappa shape index (κ1) is 27.2. The van der Waals surface area contributed by atoms with Crippen LogP contribution in [0.5, 0.6) is 0 Å². The van der Waals surface area contributed by atoms with E-state index in [1.54, 1.807) is 5.32 Å². The highest BCUT2D eigenvalue weighted by Crippen LogP contribution is 2.38. The molecule has 3 aromatic rings. The Morgan fingerprint density at radius 1 is 1.17 bits per heavy atom. The molecular weight excluding hydrogens is 519 g/mol. The number of nitrogens with one attached hydrogen (secondary N) is 1. The second-order valence-corrected chi connectivity index (χ2v) is 8.27. The molecule has 0 aliphatic heterocycles. The normalized spacial score (nSPS) is 13.4. The number of aromatic nitrogens is 2. The second kappa shape index (κ2) is 10.3. The number of fused-ring (bicyclic) bond motifs is 1. The smallest absolute Gasteiger partial charge is 0.345 e. The fourth-order valence-corrected chi connectivity index (χ4v) is 3.64. The number of halogens is 8. The summed E-state index contributed by atoms with van der Waals surface area (Å²) in [5.41, 5.74) is -0.782. The van der Waals surface area contributed by atoms with Crippen LogP contribution in [0.25, 0.3) is 16.8 Å². The van der Waals surface area contributed by atoms with E-state index in [1.165, 1.54) is 31.2 Å². The fraction of sp³-hybridized carbons (Fsp3) is 0.261. The van der Waals surface area contributed by atoms with Gasteiger partial charge in [0.1, 0.15) is 18.9 Å². The van der Waals surface area contributed by atoms with E-state index >= 15 is 0 Å². The number of carbonyl (C=O) groups excluding carboxylic acids is 1. The maximum absolute atomic E-state index is 13.8. The maximum atomic E-state index is 13.8. The molecule has 1 amide bonds. The highest BCUT2D eigenvalue weighted by atomic mass is 35.5. The van der Waals surface area contributed by atoms with Gasteiger partial charge in [-0.1, -0.05) is 35.9 Å². The molecule has 3 rings (SSSR count). The number of allylic oxidation sites excluding steroid dienone is 1. The number of carbonyl (C=O) groups is 1. The third-order valence-electron chi connectivity index (χ3n) is 5.08. The van der Waals surface area contributed by atoms with Crippen LogP contribution < -0.4 is 10.9 Å². The highest BCUT2D eigenvalue weighted by molar-refractivity contribution is 6.30. The van der Waals surface area contributed by atoms with E-state index < -0.39 is 53.7 Å². The Hall–Kier alpha value is -3.41. The van der Waals surface area contributed by atoms with Gasteiger partial charge in [-0.3, -0.25) is 9.59 Å². The van der Waals surface area contributed by atoms with Crippen molar-refractivity contribution in [3.63, 3.8) is 0 Å². The molecule has 1 aromatic heterocycles. The van der Waals surface area contributed by atoms with E-state index in [1.807, 2.05) is 0 Å². The number of hydrogen-bond donors (Lipinski definition) is 1. The average Bonchev–Trinajstić information content (AvgIpc) is 2.76. The quantitative estimate of drug-likeness (QED) is 0.422. The number of benzene rings is 2. The van der Waals surface area contributed by atoms with Gasteiger partial charge in [0.05, 0.1) is 22.5 Å². The van der Waals surface area contributed by atoms with E-state index in [0.29, 0.717) is 4.68 Å². The van der Waals surface area contributed by atoms with Gasteiger partial charge in [0.15, 0.2) is 0 Å². The number of amides is 1. The molecule has 0 bridgehead atoms. The summed E-state index contributed by atoms with van der Waals surface area (Å²) in [5.74, 6) is -3.97. The molecule has 13 heteroatoms. The standard InChI is InChI=1S/C23H17ClF7N3O2/c1-12-6-14(8-18(24)20(12)25)17(23(29,30)31)5-3-13-2-4-16-15(7-13)9-33-34(21(16)36)10-19(35)32-11-22(26,27)28/h2-9,17H,10-11H2,1H3,(H,32,35)/b5-3+. The molecular formula is C23H17ClF7N3O2. The third-order valence-corrected chi connectivity index (χ3v) is 5.36. The summed E-state index contributed by atoms with van der Waals surface area (Å²) in [4.78, 5) is 24.2. The van der Waals surface area contributed by atoms with Crippen LogP contribution in [0.2, 0.25) is 5.02 Å². The van der Waals surface area contributed by atoms with Crippen molar-refractivity contribution < 1.29 is 35.5 Å². The third kappa shape index (κ3) is 6.62. The molecule has 0 spiro atoms. The molecule has 192 valence electrons. The Morgan fingerprint density at radius 2 is 1.86 bits per heavy atom. The Balaban J connectivity index is 1.87. The van der Waals surface area contributed by atoms with Gasteiger partial charge < -0.3 is 5.32 Å². The molecule has 36 heavy (non-hydrogen) atoms. The summed E-state index contributed by atoms with van der Waals surface area (Å²) in [6, 6.07) is 5.99. The van der Waals surface area contributed by atoms with Crippen molar-refractivity contribution in [2.75, 3.05) is 6.54 Å². The number of alkyl halides is 6. The van der Waals surface area contributed by atoms with Crippen molar-refractivity contribution in [3.8, 4) is 0 Å². The molecule has 0 aliphatic carbocycles. The molecule has 1 N–H and O–H groups in total. The zero-order chi connectivity index (χ0) is 26.8. The van der Waals surface area contributed by atoms with Crippen LogP contribution in [0.4, 0.5) is 30.7 Å². The van der Waals surface area contributed by atoms with Gasteiger partial charge in [0.25, 0.3) is 5.56 Å². The second-order valence-electron chi connectivity index (χ2n) is 7.86. The average molecular weight is 536 g/mol. The van der Waals surface area contributed by atoms with Gasteiger partial charge in [-0.25, -0.2) is 9.07 Å². The topological polar surface area (TPSA) is 64.0 Å². The molecule has 5 nitrogen and oxygen atoms in total. The first-order chi connectivity index (χ1) is 16.7. The molecule has 2 aromatic carbocycles. The minimum Gasteiger partial charge on any atom is -0.345 e. The molecule has 1 atom stereocenters. The van der Waals surface area contributed by atoms with E-state index in [9.17, 15) is 40.3 Å². The van der Waals surface area contributed by atoms with Gasteiger partial charge in [-0.15, -0.1) is 0 Å². The van der Waals surface area contributed by atoms with Crippen LogP contribution >= 0.6 is 11.6 Å². The molecule has 0 radical (unpaired) electrons. The van der Waals surface area contributed by atoms with Crippen molar-refractivity contribution in [2.24, 2.45) is 0 Å². The Bertz CT molecular complexity index is 1360. The minimum absolute atomic E-state index is 0.0414. The summed E-state index contributed by atoms with van der Waals surface area (Å²) in [6.07, 6.45) is -6.13. The van der Waals surface area contributed by atoms with Gasteiger partial charge in [-0.05, 0) is 41.8 Å². The first-order valence-electron chi connectivity index (χ1n) is 10.2.